The van der Waals surface area contributed by atoms with E-state index in [1.54, 1.807) is 11.8 Å². The Kier molecular flexibility index (Phi) is 11.5. The highest BCUT2D eigenvalue weighted by Crippen LogP contribution is 2.30. The molecule has 5 rings (SSSR count). The highest BCUT2D eigenvalue weighted by molar-refractivity contribution is 7.99. The number of amides is 1. The second kappa shape index (κ2) is 16.1. The van der Waals surface area contributed by atoms with E-state index in [1.807, 2.05) is 102 Å². The van der Waals surface area contributed by atoms with E-state index >= 15 is 0 Å². The van der Waals surface area contributed by atoms with E-state index in [-0.39, 0.29) is 30.4 Å². The first-order chi connectivity index (χ1) is 22.0. The molecule has 1 amide bonds. The molecule has 0 bridgehead atoms. The van der Waals surface area contributed by atoms with Crippen LogP contribution in [-0.2, 0) is 27.4 Å². The van der Waals surface area contributed by atoms with Crippen LogP contribution < -0.4 is 0 Å². The molecule has 45 heavy (non-hydrogen) atoms. The van der Waals surface area contributed by atoms with Crippen molar-refractivity contribution in [3.8, 4) is 0 Å². The van der Waals surface area contributed by atoms with Crippen LogP contribution in [0, 0.1) is 0 Å². The molecule has 0 aliphatic carbocycles. The van der Waals surface area contributed by atoms with Gasteiger partial charge in [-0.2, -0.15) is 0 Å². The van der Waals surface area contributed by atoms with Gasteiger partial charge in [0, 0.05) is 31.2 Å². The van der Waals surface area contributed by atoms with Crippen LogP contribution in [0.5, 0.6) is 0 Å². The third-order valence-electron chi connectivity index (χ3n) is 7.97. The Morgan fingerprint density at radius 2 is 1.44 bits per heavy atom. The zero-order valence-electron chi connectivity index (χ0n) is 26.0. The van der Waals surface area contributed by atoms with Crippen molar-refractivity contribution >= 4 is 34.7 Å². The quantitative estimate of drug-likeness (QED) is 0.0673. The lowest BCUT2D eigenvalue weighted by molar-refractivity contribution is -0.149. The average molecular weight is 620 g/mol. The first kappa shape index (κ1) is 32.0. The summed E-state index contributed by atoms with van der Waals surface area (Å²) in [5.41, 5.74) is 5.15. The van der Waals surface area contributed by atoms with Crippen molar-refractivity contribution < 1.29 is 14.3 Å². The lowest BCUT2D eigenvalue weighted by Gasteiger charge is -2.26. The molecule has 4 aromatic carbocycles. The number of hydrogen-bond donors (Lipinski definition) is 0. The minimum atomic E-state index is -0.264. The summed E-state index contributed by atoms with van der Waals surface area (Å²) in [6.45, 7) is 5.20. The molecule has 0 spiro atoms. The van der Waals surface area contributed by atoms with Crippen LogP contribution in [0.3, 0.4) is 0 Å². The van der Waals surface area contributed by atoms with Crippen LogP contribution in [0.1, 0.15) is 55.7 Å². The number of rotatable bonds is 15. The lowest BCUT2D eigenvalue weighted by atomic mass is 9.88. The largest absolute Gasteiger partial charge is 0.461 e. The van der Waals surface area contributed by atoms with Crippen LogP contribution in [0.4, 0.5) is 0 Å². The van der Waals surface area contributed by atoms with Gasteiger partial charge in [-0.05, 0) is 48.6 Å². The summed E-state index contributed by atoms with van der Waals surface area (Å²) in [6, 6.07) is 38.6. The van der Waals surface area contributed by atoms with Crippen LogP contribution in [0.25, 0.3) is 11.0 Å². The van der Waals surface area contributed by atoms with Crippen LogP contribution >= 0.6 is 11.8 Å². The Morgan fingerprint density at radius 3 is 2.09 bits per heavy atom. The van der Waals surface area contributed by atoms with Gasteiger partial charge in [-0.15, -0.1) is 0 Å². The SMILES string of the molecule is CCC(C)OC(=O)Cn1c(SCCCN(Cc2ccccc2)C(=O)CC(c2ccccc2)c2ccccc2)nc2ccccc21. The van der Waals surface area contributed by atoms with Crippen molar-refractivity contribution in [2.24, 2.45) is 0 Å². The Labute approximate surface area is 270 Å². The van der Waals surface area contributed by atoms with Gasteiger partial charge in [0.15, 0.2) is 5.16 Å². The Balaban J connectivity index is 1.29. The van der Waals surface area contributed by atoms with Crippen molar-refractivity contribution in [2.75, 3.05) is 12.3 Å². The van der Waals surface area contributed by atoms with Crippen molar-refractivity contribution in [1.29, 1.82) is 0 Å². The number of ether oxygens (including phenoxy) is 1. The van der Waals surface area contributed by atoms with Crippen LogP contribution in [0.2, 0.25) is 0 Å². The Morgan fingerprint density at radius 1 is 0.844 bits per heavy atom. The third-order valence-corrected chi connectivity index (χ3v) is 9.03. The van der Waals surface area contributed by atoms with Crippen LogP contribution in [-0.4, -0.2) is 44.7 Å². The van der Waals surface area contributed by atoms with Gasteiger partial charge >= 0.3 is 5.97 Å². The number of fused-ring (bicyclic) bond motifs is 1. The summed E-state index contributed by atoms with van der Waals surface area (Å²) >= 11 is 1.61. The highest BCUT2D eigenvalue weighted by atomic mass is 32.2. The number of para-hydroxylation sites is 2. The summed E-state index contributed by atoms with van der Waals surface area (Å²) in [5, 5.41) is 0.784. The molecule has 0 saturated heterocycles. The molecular weight excluding hydrogens is 579 g/mol. The summed E-state index contributed by atoms with van der Waals surface area (Å²) in [5.74, 6) is 0.591. The monoisotopic (exact) mass is 619 g/mol. The van der Waals surface area contributed by atoms with E-state index in [0.29, 0.717) is 19.5 Å². The van der Waals surface area contributed by atoms with Gasteiger partial charge in [0.1, 0.15) is 6.54 Å². The van der Waals surface area contributed by atoms with Gasteiger partial charge in [0.05, 0.1) is 17.1 Å². The van der Waals surface area contributed by atoms with E-state index in [4.69, 9.17) is 9.72 Å². The topological polar surface area (TPSA) is 64.4 Å². The minimum Gasteiger partial charge on any atom is -0.461 e. The molecule has 0 aliphatic heterocycles. The van der Waals surface area contributed by atoms with Crippen molar-refractivity contribution in [3.63, 3.8) is 0 Å². The second-order valence-corrected chi connectivity index (χ2v) is 12.3. The molecule has 1 unspecified atom stereocenters. The molecule has 1 heterocycles. The molecule has 5 aromatic rings. The average Bonchev–Trinajstić information content (AvgIpc) is 3.42. The minimum absolute atomic E-state index is 0.0253. The molecule has 0 fully saturated rings. The smallest absolute Gasteiger partial charge is 0.326 e. The number of nitrogens with zero attached hydrogens (tertiary/aromatic N) is 3. The summed E-state index contributed by atoms with van der Waals surface area (Å²) < 4.78 is 7.52. The molecule has 0 saturated carbocycles. The standard InChI is InChI=1S/C38H41N3O3S/c1-3-29(2)44-37(43)28-41-35-23-14-13-22-34(35)39-38(41)45-25-15-24-40(27-30-16-7-4-8-17-30)36(42)26-33(31-18-9-5-10-19-31)32-20-11-6-12-21-32/h4-14,16-23,29,33H,3,15,24-28H2,1-2H3. The molecule has 0 N–H and O–H groups in total. The zero-order valence-corrected chi connectivity index (χ0v) is 26.9. The van der Waals surface area contributed by atoms with Crippen molar-refractivity contribution in [3.05, 3.63) is 132 Å². The first-order valence-corrected chi connectivity index (χ1v) is 16.7. The van der Waals surface area contributed by atoms with Gasteiger partial charge in [-0.25, -0.2) is 4.98 Å². The van der Waals surface area contributed by atoms with E-state index in [9.17, 15) is 9.59 Å². The summed E-state index contributed by atoms with van der Waals surface area (Å²) in [6.07, 6.45) is 1.82. The van der Waals surface area contributed by atoms with Crippen molar-refractivity contribution in [1.82, 2.24) is 14.5 Å². The number of esters is 1. The van der Waals surface area contributed by atoms with E-state index in [1.165, 1.54) is 0 Å². The Hall–Kier alpha value is -4.36. The van der Waals surface area contributed by atoms with Gasteiger partial charge in [-0.3, -0.25) is 9.59 Å². The number of imidazole rings is 1. The predicted molar refractivity (Wildman–Crippen MR) is 182 cm³/mol. The number of thioether (sulfide) groups is 1. The number of aromatic nitrogens is 2. The van der Waals surface area contributed by atoms with Gasteiger partial charge < -0.3 is 14.2 Å². The maximum absolute atomic E-state index is 14.0. The molecule has 1 aromatic heterocycles. The maximum Gasteiger partial charge on any atom is 0.326 e. The molecule has 1 atom stereocenters. The summed E-state index contributed by atoms with van der Waals surface area (Å²) in [7, 11) is 0. The van der Waals surface area contributed by atoms with Crippen molar-refractivity contribution in [2.45, 2.75) is 63.4 Å². The molecule has 0 aliphatic rings. The zero-order chi connectivity index (χ0) is 31.4. The van der Waals surface area contributed by atoms with Gasteiger partial charge in [-0.1, -0.05) is 122 Å². The third kappa shape index (κ3) is 8.85. The highest BCUT2D eigenvalue weighted by Gasteiger charge is 2.23. The fraction of sp³-hybridized carbons (Fsp3) is 0.289. The van der Waals surface area contributed by atoms with Crippen LogP contribution in [0.15, 0.2) is 120 Å². The first-order valence-electron chi connectivity index (χ1n) is 15.7. The molecular formula is C38H41N3O3S. The molecule has 7 heteroatoms. The predicted octanol–water partition coefficient (Wildman–Crippen LogP) is 8.11. The maximum atomic E-state index is 14.0. The fourth-order valence-electron chi connectivity index (χ4n) is 5.41. The van der Waals surface area contributed by atoms with E-state index in [0.717, 1.165) is 51.5 Å². The Bertz CT molecular complexity index is 1620. The normalized spacial score (nSPS) is 11.9. The van der Waals surface area contributed by atoms with Gasteiger partial charge in [0.2, 0.25) is 5.91 Å². The number of hydrogen-bond acceptors (Lipinski definition) is 5. The number of carbonyl (C=O) groups excluding carboxylic acids is 2. The van der Waals surface area contributed by atoms with Gasteiger partial charge in [0.25, 0.3) is 0 Å². The summed E-state index contributed by atoms with van der Waals surface area (Å²) in [4.78, 5) is 33.6. The fourth-order valence-corrected chi connectivity index (χ4v) is 6.35. The molecule has 6 nitrogen and oxygen atoms in total. The second-order valence-electron chi connectivity index (χ2n) is 11.3. The lowest BCUT2D eigenvalue weighted by Crippen LogP contribution is -2.33. The molecule has 0 radical (unpaired) electrons. The van der Waals surface area contributed by atoms with E-state index in [2.05, 4.69) is 36.4 Å². The number of benzene rings is 4. The molecule has 232 valence electrons. The number of carbonyl (C=O) groups is 2. The van der Waals surface area contributed by atoms with E-state index < -0.39 is 0 Å².